The summed E-state index contributed by atoms with van der Waals surface area (Å²) < 4.78 is 0. The average Bonchev–Trinajstić information content (AvgIpc) is 2.90. The molecule has 0 aliphatic heterocycles. The van der Waals surface area contributed by atoms with Gasteiger partial charge in [0.05, 0.1) is 0 Å². The number of aromatic nitrogens is 3. The Labute approximate surface area is 119 Å². The van der Waals surface area contributed by atoms with Crippen molar-refractivity contribution >= 4 is 23.2 Å². The van der Waals surface area contributed by atoms with Gasteiger partial charge in [0, 0.05) is 31.3 Å². The van der Waals surface area contributed by atoms with Crippen molar-refractivity contribution in [2.24, 2.45) is 0 Å². The molecule has 0 radical (unpaired) electrons. The summed E-state index contributed by atoms with van der Waals surface area (Å²) in [4.78, 5) is 26.2. The van der Waals surface area contributed by atoms with Gasteiger partial charge in [-0.15, -0.1) is 21.5 Å². The van der Waals surface area contributed by atoms with Crippen LogP contribution in [0.5, 0.6) is 0 Å². The zero-order valence-electron chi connectivity index (χ0n) is 11.0. The van der Waals surface area contributed by atoms with E-state index in [0.29, 0.717) is 31.2 Å². The van der Waals surface area contributed by atoms with E-state index in [1.807, 2.05) is 17.5 Å². The van der Waals surface area contributed by atoms with Crippen LogP contribution in [0.4, 0.5) is 5.95 Å². The van der Waals surface area contributed by atoms with Gasteiger partial charge in [0.1, 0.15) is 5.69 Å². The molecule has 1 amide bonds. The summed E-state index contributed by atoms with van der Waals surface area (Å²) in [5.41, 5.74) is 0.135. The molecule has 0 atom stereocenters. The van der Waals surface area contributed by atoms with Gasteiger partial charge in [-0.2, -0.15) is 0 Å². The van der Waals surface area contributed by atoms with Crippen LogP contribution in [0.3, 0.4) is 0 Å². The molecule has 2 aromatic rings. The van der Waals surface area contributed by atoms with Gasteiger partial charge in [0.25, 0.3) is 5.56 Å². The number of aromatic amines is 1. The van der Waals surface area contributed by atoms with Gasteiger partial charge in [0.2, 0.25) is 11.9 Å². The standard InChI is InChI=1S/C12H15N5O2S/c1-8(18)13-4-5-14-12-15-11(19)10(16-17-12)7-9-3-2-6-20-9/h2-3,6H,4-5,7H2,1H3,(H,13,18)(H2,14,15,17,19). The van der Waals surface area contributed by atoms with E-state index in [0.717, 1.165) is 4.88 Å². The smallest absolute Gasteiger partial charge is 0.274 e. The van der Waals surface area contributed by atoms with E-state index >= 15 is 0 Å². The number of hydrogen-bond acceptors (Lipinski definition) is 6. The summed E-state index contributed by atoms with van der Waals surface area (Å²) >= 11 is 1.57. The highest BCUT2D eigenvalue weighted by molar-refractivity contribution is 7.09. The van der Waals surface area contributed by atoms with Crippen LogP contribution in [0, 0.1) is 0 Å². The van der Waals surface area contributed by atoms with Crippen molar-refractivity contribution in [2.45, 2.75) is 13.3 Å². The van der Waals surface area contributed by atoms with Crippen LogP contribution in [-0.4, -0.2) is 34.2 Å². The van der Waals surface area contributed by atoms with Crippen LogP contribution in [0.25, 0.3) is 0 Å². The number of nitrogens with one attached hydrogen (secondary N) is 3. The van der Waals surface area contributed by atoms with Gasteiger partial charge in [-0.3, -0.25) is 14.6 Å². The average molecular weight is 293 g/mol. The van der Waals surface area contributed by atoms with Crippen LogP contribution < -0.4 is 16.2 Å². The molecule has 2 rings (SSSR count). The molecule has 0 saturated heterocycles. The zero-order chi connectivity index (χ0) is 14.4. The summed E-state index contributed by atoms with van der Waals surface area (Å²) in [7, 11) is 0. The Morgan fingerprint density at radius 3 is 2.90 bits per heavy atom. The highest BCUT2D eigenvalue weighted by atomic mass is 32.1. The van der Waals surface area contributed by atoms with E-state index in [-0.39, 0.29) is 11.5 Å². The van der Waals surface area contributed by atoms with Crippen LogP contribution >= 0.6 is 11.3 Å². The number of carbonyl (C=O) groups is 1. The fourth-order valence-corrected chi connectivity index (χ4v) is 2.26. The molecule has 7 nitrogen and oxygen atoms in total. The maximum Gasteiger partial charge on any atom is 0.274 e. The first-order valence-corrected chi connectivity index (χ1v) is 6.99. The number of hydrogen-bond donors (Lipinski definition) is 3. The molecular weight excluding hydrogens is 278 g/mol. The first-order valence-electron chi connectivity index (χ1n) is 6.11. The first kappa shape index (κ1) is 14.2. The molecule has 0 aliphatic rings. The third-order valence-corrected chi connectivity index (χ3v) is 3.35. The van der Waals surface area contributed by atoms with Crippen molar-refractivity contribution < 1.29 is 4.79 Å². The summed E-state index contributed by atoms with van der Waals surface area (Å²) in [6.07, 6.45) is 0.478. The lowest BCUT2D eigenvalue weighted by molar-refractivity contribution is -0.118. The van der Waals surface area contributed by atoms with E-state index in [4.69, 9.17) is 0 Å². The molecule has 20 heavy (non-hydrogen) atoms. The van der Waals surface area contributed by atoms with Gasteiger partial charge >= 0.3 is 0 Å². The largest absolute Gasteiger partial charge is 0.355 e. The summed E-state index contributed by atoms with van der Waals surface area (Å²) in [5.74, 6) is 0.202. The van der Waals surface area contributed by atoms with Crippen molar-refractivity contribution in [3.63, 3.8) is 0 Å². The van der Waals surface area contributed by atoms with E-state index in [2.05, 4.69) is 25.8 Å². The molecule has 0 unspecified atom stereocenters. The van der Waals surface area contributed by atoms with Crippen molar-refractivity contribution in [3.05, 3.63) is 38.4 Å². The predicted octanol–water partition coefficient (Wildman–Crippen LogP) is 0.365. The fourth-order valence-electron chi connectivity index (χ4n) is 1.55. The minimum atomic E-state index is -0.254. The Bertz CT molecular complexity index is 623. The summed E-state index contributed by atoms with van der Waals surface area (Å²) in [6, 6.07) is 3.88. The van der Waals surface area contributed by atoms with Gasteiger partial charge in [-0.1, -0.05) is 6.07 Å². The number of rotatable bonds is 6. The first-order chi connectivity index (χ1) is 9.65. The number of carbonyl (C=O) groups excluding carboxylic acids is 1. The zero-order valence-corrected chi connectivity index (χ0v) is 11.8. The number of nitrogens with zero attached hydrogens (tertiary/aromatic N) is 2. The van der Waals surface area contributed by atoms with Crippen molar-refractivity contribution in [2.75, 3.05) is 18.4 Å². The molecule has 3 N–H and O–H groups in total. The molecule has 0 aromatic carbocycles. The third kappa shape index (κ3) is 4.16. The highest BCUT2D eigenvalue weighted by Crippen LogP contribution is 2.11. The maximum atomic E-state index is 11.8. The Morgan fingerprint density at radius 1 is 1.40 bits per heavy atom. The molecule has 0 aliphatic carbocycles. The molecule has 2 heterocycles. The van der Waals surface area contributed by atoms with Gasteiger partial charge in [-0.25, -0.2) is 0 Å². The molecule has 0 bridgehead atoms. The van der Waals surface area contributed by atoms with E-state index in [1.54, 1.807) is 11.3 Å². The van der Waals surface area contributed by atoms with Crippen LogP contribution in [0.1, 0.15) is 17.5 Å². The van der Waals surface area contributed by atoms with E-state index in [9.17, 15) is 9.59 Å². The maximum absolute atomic E-state index is 11.8. The minimum Gasteiger partial charge on any atom is -0.355 e. The lowest BCUT2D eigenvalue weighted by Crippen LogP contribution is -2.28. The molecule has 0 spiro atoms. The molecule has 0 fully saturated rings. The lowest BCUT2D eigenvalue weighted by atomic mass is 10.3. The molecule has 106 valence electrons. The molecular formula is C12H15N5O2S. The molecule has 0 saturated carbocycles. The van der Waals surface area contributed by atoms with Crippen LogP contribution in [0.15, 0.2) is 22.3 Å². The second kappa shape index (κ2) is 6.80. The summed E-state index contributed by atoms with van der Waals surface area (Å²) in [6.45, 7) is 2.37. The van der Waals surface area contributed by atoms with Crippen molar-refractivity contribution in [3.8, 4) is 0 Å². The second-order valence-electron chi connectivity index (χ2n) is 4.12. The lowest BCUT2D eigenvalue weighted by Gasteiger charge is -2.05. The van der Waals surface area contributed by atoms with Crippen LogP contribution in [-0.2, 0) is 11.2 Å². The topological polar surface area (TPSA) is 99.8 Å². The Kier molecular flexibility index (Phi) is 4.83. The SMILES string of the molecule is CC(=O)NCCNc1nnc(Cc2cccs2)c(=O)[nH]1. The fraction of sp³-hybridized carbons (Fsp3) is 0.333. The van der Waals surface area contributed by atoms with E-state index in [1.165, 1.54) is 6.92 Å². The molecule has 8 heteroatoms. The number of amides is 1. The van der Waals surface area contributed by atoms with Crippen molar-refractivity contribution in [1.29, 1.82) is 0 Å². The van der Waals surface area contributed by atoms with Gasteiger partial charge < -0.3 is 10.6 Å². The monoisotopic (exact) mass is 293 g/mol. The highest BCUT2D eigenvalue weighted by Gasteiger charge is 2.06. The minimum absolute atomic E-state index is 0.0994. The third-order valence-electron chi connectivity index (χ3n) is 2.48. The Morgan fingerprint density at radius 2 is 2.25 bits per heavy atom. The normalized spacial score (nSPS) is 10.2. The van der Waals surface area contributed by atoms with Crippen LogP contribution in [0.2, 0.25) is 0 Å². The Balaban J connectivity index is 1.92. The number of H-pyrrole nitrogens is 1. The Hall–Kier alpha value is -2.22. The number of anilines is 1. The van der Waals surface area contributed by atoms with E-state index < -0.39 is 0 Å². The van der Waals surface area contributed by atoms with Gasteiger partial charge in [0.15, 0.2) is 0 Å². The second-order valence-corrected chi connectivity index (χ2v) is 5.15. The predicted molar refractivity (Wildman–Crippen MR) is 77.0 cm³/mol. The van der Waals surface area contributed by atoms with Gasteiger partial charge in [-0.05, 0) is 11.4 Å². The number of thiophene rings is 1. The molecule has 2 aromatic heterocycles. The quantitative estimate of drug-likeness (QED) is 0.668. The summed E-state index contributed by atoms with van der Waals surface area (Å²) in [5, 5.41) is 15.3. The van der Waals surface area contributed by atoms with Crippen molar-refractivity contribution in [1.82, 2.24) is 20.5 Å².